The van der Waals surface area contributed by atoms with E-state index in [0.717, 1.165) is 5.41 Å². The minimum atomic E-state index is -3.62. The number of benzene rings is 2. The summed E-state index contributed by atoms with van der Waals surface area (Å²) in [4.78, 5) is 11.5. The molecule has 0 saturated carbocycles. The molecule has 0 atom stereocenters. The van der Waals surface area contributed by atoms with E-state index >= 15 is 0 Å². The van der Waals surface area contributed by atoms with Crippen LogP contribution in [-0.4, -0.2) is 21.5 Å². The number of esters is 1. The third-order valence-electron chi connectivity index (χ3n) is 2.91. The van der Waals surface area contributed by atoms with E-state index < -0.39 is 15.8 Å². The van der Waals surface area contributed by atoms with E-state index in [-0.39, 0.29) is 9.93 Å². The second-order valence-electron chi connectivity index (χ2n) is 4.39. The Morgan fingerprint density at radius 1 is 1.00 bits per heavy atom. The predicted molar refractivity (Wildman–Crippen MR) is 85.2 cm³/mol. The minimum Gasteiger partial charge on any atom is -0.465 e. The van der Waals surface area contributed by atoms with Crippen LogP contribution in [0, 0.1) is 0 Å². The van der Waals surface area contributed by atoms with Gasteiger partial charge >= 0.3 is 5.97 Å². The standard InChI is InChI=1S/C16H13ClO4S/c1-21-16(18)13-9-7-12(8-10-13)15(17)11-22(19,20)14-5-3-2-4-6-14/h2-11H,1H3/b15-11-. The maximum atomic E-state index is 12.2. The average Bonchev–Trinajstić information content (AvgIpc) is 2.54. The lowest BCUT2D eigenvalue weighted by molar-refractivity contribution is 0.0600. The quantitative estimate of drug-likeness (QED) is 0.802. The fourth-order valence-corrected chi connectivity index (χ4v) is 3.32. The van der Waals surface area contributed by atoms with Crippen LogP contribution in [0.25, 0.3) is 5.03 Å². The van der Waals surface area contributed by atoms with Gasteiger partial charge in [0.2, 0.25) is 9.84 Å². The second kappa shape index (κ2) is 6.77. The van der Waals surface area contributed by atoms with Crippen molar-refractivity contribution >= 4 is 32.4 Å². The van der Waals surface area contributed by atoms with Crippen molar-refractivity contribution in [3.8, 4) is 0 Å². The van der Waals surface area contributed by atoms with Gasteiger partial charge < -0.3 is 4.74 Å². The van der Waals surface area contributed by atoms with Crippen molar-refractivity contribution in [2.45, 2.75) is 4.90 Å². The van der Waals surface area contributed by atoms with Gasteiger partial charge in [-0.1, -0.05) is 41.9 Å². The van der Waals surface area contributed by atoms with Crippen LogP contribution in [0.5, 0.6) is 0 Å². The molecule has 2 rings (SSSR count). The van der Waals surface area contributed by atoms with Gasteiger partial charge in [-0.3, -0.25) is 0 Å². The summed E-state index contributed by atoms with van der Waals surface area (Å²) >= 11 is 6.07. The van der Waals surface area contributed by atoms with Crippen LogP contribution in [0.3, 0.4) is 0 Å². The molecular weight excluding hydrogens is 324 g/mol. The topological polar surface area (TPSA) is 60.4 Å². The highest BCUT2D eigenvalue weighted by Gasteiger charge is 2.13. The molecule has 22 heavy (non-hydrogen) atoms. The van der Waals surface area contributed by atoms with E-state index in [4.69, 9.17) is 11.6 Å². The van der Waals surface area contributed by atoms with Crippen LogP contribution in [-0.2, 0) is 14.6 Å². The minimum absolute atomic E-state index is 0.0697. The largest absolute Gasteiger partial charge is 0.465 e. The van der Waals surface area contributed by atoms with Crippen molar-refractivity contribution < 1.29 is 17.9 Å². The number of hydrogen-bond acceptors (Lipinski definition) is 4. The molecule has 114 valence electrons. The lowest BCUT2D eigenvalue weighted by Crippen LogP contribution is -2.00. The van der Waals surface area contributed by atoms with Gasteiger partial charge in [0.15, 0.2) is 0 Å². The number of ether oxygens (including phenoxy) is 1. The van der Waals surface area contributed by atoms with Crippen molar-refractivity contribution in [2.75, 3.05) is 7.11 Å². The first kappa shape index (κ1) is 16.3. The van der Waals surface area contributed by atoms with Gasteiger partial charge in [-0.2, -0.15) is 0 Å². The molecule has 0 saturated heterocycles. The number of rotatable bonds is 4. The number of hydrogen-bond donors (Lipinski definition) is 0. The van der Waals surface area contributed by atoms with Gasteiger partial charge in [0.05, 0.1) is 28.0 Å². The zero-order valence-electron chi connectivity index (χ0n) is 11.7. The summed E-state index contributed by atoms with van der Waals surface area (Å²) in [6.07, 6.45) is 0. The van der Waals surface area contributed by atoms with Gasteiger partial charge in [-0.15, -0.1) is 0 Å². The third kappa shape index (κ3) is 3.75. The molecule has 2 aromatic rings. The molecule has 0 fully saturated rings. The van der Waals surface area contributed by atoms with Crippen molar-refractivity contribution in [3.63, 3.8) is 0 Å². The van der Waals surface area contributed by atoms with Crippen LogP contribution in [0.4, 0.5) is 0 Å². The second-order valence-corrected chi connectivity index (χ2v) is 6.60. The number of sulfone groups is 1. The molecule has 6 heteroatoms. The van der Waals surface area contributed by atoms with Crippen molar-refractivity contribution in [1.82, 2.24) is 0 Å². The first-order valence-electron chi connectivity index (χ1n) is 6.30. The summed E-state index contributed by atoms with van der Waals surface area (Å²) in [5.41, 5.74) is 0.857. The van der Waals surface area contributed by atoms with Crippen molar-refractivity contribution in [3.05, 3.63) is 71.1 Å². The maximum Gasteiger partial charge on any atom is 0.337 e. The zero-order valence-corrected chi connectivity index (χ0v) is 13.3. The smallest absolute Gasteiger partial charge is 0.337 e. The molecule has 0 bridgehead atoms. The van der Waals surface area contributed by atoms with Crippen LogP contribution in [0.1, 0.15) is 15.9 Å². The third-order valence-corrected chi connectivity index (χ3v) is 4.84. The Balaban J connectivity index is 2.31. The Morgan fingerprint density at radius 2 is 1.55 bits per heavy atom. The number of carbonyl (C=O) groups is 1. The highest BCUT2D eigenvalue weighted by molar-refractivity contribution is 7.94. The summed E-state index contributed by atoms with van der Waals surface area (Å²) in [6.45, 7) is 0. The van der Waals surface area contributed by atoms with Gasteiger partial charge in [-0.25, -0.2) is 13.2 Å². The molecule has 0 aliphatic heterocycles. The summed E-state index contributed by atoms with van der Waals surface area (Å²) in [7, 11) is -2.34. The summed E-state index contributed by atoms with van der Waals surface area (Å²) in [6, 6.07) is 14.2. The van der Waals surface area contributed by atoms with E-state index in [1.54, 1.807) is 30.3 Å². The molecule has 0 aliphatic rings. The Labute approximate surface area is 133 Å². The monoisotopic (exact) mass is 336 g/mol. The van der Waals surface area contributed by atoms with E-state index in [9.17, 15) is 13.2 Å². The van der Waals surface area contributed by atoms with Crippen molar-refractivity contribution in [2.24, 2.45) is 0 Å². The molecule has 4 nitrogen and oxygen atoms in total. The van der Waals surface area contributed by atoms with Gasteiger partial charge in [-0.05, 0) is 29.8 Å². The van der Waals surface area contributed by atoms with Crippen LogP contribution in [0.2, 0.25) is 0 Å². The molecule has 0 unspecified atom stereocenters. The normalized spacial score (nSPS) is 12.0. The zero-order chi connectivity index (χ0) is 16.2. The summed E-state index contributed by atoms with van der Waals surface area (Å²) in [5, 5.41) is 1.07. The number of carbonyl (C=O) groups excluding carboxylic acids is 1. The molecule has 0 aliphatic carbocycles. The maximum absolute atomic E-state index is 12.2. The summed E-state index contributed by atoms with van der Waals surface area (Å²) in [5.74, 6) is -0.469. The predicted octanol–water partition coefficient (Wildman–Crippen LogP) is 3.48. The lowest BCUT2D eigenvalue weighted by Gasteiger charge is -2.03. The molecule has 0 radical (unpaired) electrons. The fraction of sp³-hybridized carbons (Fsp3) is 0.0625. The number of halogens is 1. The Morgan fingerprint density at radius 3 is 2.09 bits per heavy atom. The van der Waals surface area contributed by atoms with Crippen LogP contribution in [0.15, 0.2) is 64.9 Å². The highest BCUT2D eigenvalue weighted by Crippen LogP contribution is 2.23. The van der Waals surface area contributed by atoms with E-state index in [2.05, 4.69) is 4.74 Å². The van der Waals surface area contributed by atoms with Gasteiger partial charge in [0.25, 0.3) is 0 Å². The van der Waals surface area contributed by atoms with E-state index in [1.165, 1.54) is 31.4 Å². The van der Waals surface area contributed by atoms with E-state index in [1.807, 2.05) is 0 Å². The Kier molecular flexibility index (Phi) is 5.00. The molecular formula is C16H13ClO4S. The number of methoxy groups -OCH3 is 1. The summed E-state index contributed by atoms with van der Waals surface area (Å²) < 4.78 is 29.0. The van der Waals surface area contributed by atoms with Crippen LogP contribution >= 0.6 is 11.6 Å². The van der Waals surface area contributed by atoms with Crippen LogP contribution < -0.4 is 0 Å². The molecule has 0 N–H and O–H groups in total. The Bertz CT molecular complexity index is 794. The Hall–Kier alpha value is -2.11. The van der Waals surface area contributed by atoms with Gasteiger partial charge in [0, 0.05) is 0 Å². The van der Waals surface area contributed by atoms with Crippen molar-refractivity contribution in [1.29, 1.82) is 0 Å². The fourth-order valence-electron chi connectivity index (χ4n) is 1.77. The van der Waals surface area contributed by atoms with E-state index in [0.29, 0.717) is 11.1 Å². The first-order chi connectivity index (χ1) is 10.4. The SMILES string of the molecule is COC(=O)c1ccc(/C(Cl)=C/S(=O)(=O)c2ccccc2)cc1. The average molecular weight is 337 g/mol. The molecule has 0 spiro atoms. The highest BCUT2D eigenvalue weighted by atomic mass is 35.5. The molecule has 0 amide bonds. The lowest BCUT2D eigenvalue weighted by atomic mass is 10.1. The molecule has 0 aromatic heterocycles. The first-order valence-corrected chi connectivity index (χ1v) is 8.22. The van der Waals surface area contributed by atoms with Gasteiger partial charge in [0.1, 0.15) is 0 Å². The molecule has 0 heterocycles. The molecule has 2 aromatic carbocycles.